The Labute approximate surface area is 99.3 Å². The largest absolute Gasteiger partial charge is 0.294 e. The van der Waals surface area contributed by atoms with Gasteiger partial charge in [-0.2, -0.15) is 0 Å². The summed E-state index contributed by atoms with van der Waals surface area (Å²) in [5.74, 6) is -0.0181. The molecule has 0 saturated carbocycles. The SMILES string of the molecule is CC(=O)c1ccc(-c2sccc2[N+](=O)[O-])s1. The third-order valence-electron chi connectivity index (χ3n) is 2.02. The second-order valence-electron chi connectivity index (χ2n) is 3.11. The Balaban J connectivity index is 2.46. The van der Waals surface area contributed by atoms with E-state index in [9.17, 15) is 14.9 Å². The molecule has 0 aliphatic rings. The Hall–Kier alpha value is -1.53. The summed E-state index contributed by atoms with van der Waals surface area (Å²) < 4.78 is 0. The van der Waals surface area contributed by atoms with E-state index < -0.39 is 4.92 Å². The molecule has 2 aromatic rings. The number of carbonyl (C=O) groups is 1. The van der Waals surface area contributed by atoms with Crippen molar-refractivity contribution in [1.82, 2.24) is 0 Å². The molecule has 0 fully saturated rings. The van der Waals surface area contributed by atoms with Gasteiger partial charge in [-0.05, 0) is 24.4 Å². The van der Waals surface area contributed by atoms with Crippen molar-refractivity contribution in [3.63, 3.8) is 0 Å². The molecular formula is C10H7NO3S2. The van der Waals surface area contributed by atoms with Crippen LogP contribution in [0.4, 0.5) is 5.69 Å². The molecule has 0 saturated heterocycles. The molecule has 0 radical (unpaired) electrons. The molecule has 2 rings (SSSR count). The maximum absolute atomic E-state index is 11.1. The number of carbonyl (C=O) groups excluding carboxylic acids is 1. The summed E-state index contributed by atoms with van der Waals surface area (Å²) in [5, 5.41) is 12.4. The van der Waals surface area contributed by atoms with Gasteiger partial charge < -0.3 is 0 Å². The maximum atomic E-state index is 11.1. The molecular weight excluding hydrogens is 246 g/mol. The van der Waals surface area contributed by atoms with Crippen molar-refractivity contribution < 1.29 is 9.72 Å². The van der Waals surface area contributed by atoms with Crippen LogP contribution in [0.2, 0.25) is 0 Å². The van der Waals surface area contributed by atoms with Crippen molar-refractivity contribution in [3.05, 3.63) is 38.6 Å². The van der Waals surface area contributed by atoms with Crippen LogP contribution in [-0.2, 0) is 0 Å². The van der Waals surface area contributed by atoms with E-state index in [2.05, 4.69) is 0 Å². The van der Waals surface area contributed by atoms with Crippen molar-refractivity contribution in [2.24, 2.45) is 0 Å². The predicted octanol–water partition coefficient (Wildman–Crippen LogP) is 3.59. The summed E-state index contributed by atoms with van der Waals surface area (Å²) in [6.45, 7) is 1.48. The highest BCUT2D eigenvalue weighted by Crippen LogP contribution is 2.38. The fourth-order valence-electron chi connectivity index (χ4n) is 1.28. The van der Waals surface area contributed by atoms with Gasteiger partial charge in [0.1, 0.15) is 4.88 Å². The van der Waals surface area contributed by atoms with Gasteiger partial charge in [0.05, 0.1) is 14.7 Å². The molecule has 0 atom stereocenters. The molecule has 2 aromatic heterocycles. The molecule has 0 aromatic carbocycles. The van der Waals surface area contributed by atoms with Gasteiger partial charge in [-0.1, -0.05) is 0 Å². The van der Waals surface area contributed by atoms with Gasteiger partial charge in [-0.15, -0.1) is 22.7 Å². The fourth-order valence-corrected chi connectivity index (χ4v) is 3.18. The van der Waals surface area contributed by atoms with E-state index in [0.29, 0.717) is 9.75 Å². The number of nitro groups is 1. The van der Waals surface area contributed by atoms with Crippen LogP contribution in [0, 0.1) is 10.1 Å². The minimum atomic E-state index is -0.404. The molecule has 4 nitrogen and oxygen atoms in total. The molecule has 0 aliphatic carbocycles. The molecule has 0 bridgehead atoms. The quantitative estimate of drug-likeness (QED) is 0.477. The van der Waals surface area contributed by atoms with E-state index in [1.54, 1.807) is 17.5 Å². The van der Waals surface area contributed by atoms with Crippen molar-refractivity contribution in [1.29, 1.82) is 0 Å². The highest BCUT2D eigenvalue weighted by atomic mass is 32.1. The molecule has 6 heteroatoms. The van der Waals surface area contributed by atoms with Gasteiger partial charge in [-0.3, -0.25) is 14.9 Å². The number of nitrogens with zero attached hydrogens (tertiary/aromatic N) is 1. The molecule has 16 heavy (non-hydrogen) atoms. The van der Waals surface area contributed by atoms with Gasteiger partial charge in [0.15, 0.2) is 5.78 Å². The lowest BCUT2D eigenvalue weighted by Gasteiger charge is -1.91. The van der Waals surface area contributed by atoms with E-state index in [1.165, 1.54) is 35.7 Å². The summed E-state index contributed by atoms with van der Waals surface area (Å²) in [7, 11) is 0. The van der Waals surface area contributed by atoms with Gasteiger partial charge in [0.25, 0.3) is 5.69 Å². The number of hydrogen-bond acceptors (Lipinski definition) is 5. The van der Waals surface area contributed by atoms with E-state index >= 15 is 0 Å². The Kier molecular flexibility index (Phi) is 2.84. The van der Waals surface area contributed by atoms with Crippen LogP contribution in [0.15, 0.2) is 23.6 Å². The van der Waals surface area contributed by atoms with Crippen molar-refractivity contribution in [2.45, 2.75) is 6.92 Å². The van der Waals surface area contributed by atoms with Crippen LogP contribution in [0.3, 0.4) is 0 Å². The molecule has 0 unspecified atom stereocenters. The Morgan fingerprint density at radius 1 is 1.38 bits per heavy atom. The first-order valence-electron chi connectivity index (χ1n) is 4.42. The lowest BCUT2D eigenvalue weighted by Crippen LogP contribution is -1.86. The van der Waals surface area contributed by atoms with Crippen molar-refractivity contribution >= 4 is 34.1 Å². The maximum Gasteiger partial charge on any atom is 0.288 e. The van der Waals surface area contributed by atoms with Crippen LogP contribution in [0.5, 0.6) is 0 Å². The second-order valence-corrected chi connectivity index (χ2v) is 5.11. The monoisotopic (exact) mass is 253 g/mol. The van der Waals surface area contributed by atoms with Crippen LogP contribution in [0.25, 0.3) is 9.75 Å². The average Bonchev–Trinajstić information content (AvgIpc) is 2.86. The number of hydrogen-bond donors (Lipinski definition) is 0. The van der Waals surface area contributed by atoms with Crippen LogP contribution in [0.1, 0.15) is 16.6 Å². The first-order valence-corrected chi connectivity index (χ1v) is 6.12. The predicted molar refractivity (Wildman–Crippen MR) is 64.3 cm³/mol. The normalized spacial score (nSPS) is 10.3. The van der Waals surface area contributed by atoms with E-state index in [-0.39, 0.29) is 11.5 Å². The van der Waals surface area contributed by atoms with Crippen LogP contribution < -0.4 is 0 Å². The molecule has 0 amide bonds. The molecule has 82 valence electrons. The molecule has 0 spiro atoms. The van der Waals surface area contributed by atoms with E-state index in [4.69, 9.17) is 0 Å². The van der Waals surface area contributed by atoms with Crippen LogP contribution >= 0.6 is 22.7 Å². The topological polar surface area (TPSA) is 60.2 Å². The lowest BCUT2D eigenvalue weighted by atomic mass is 10.3. The summed E-state index contributed by atoms with van der Waals surface area (Å²) in [6.07, 6.45) is 0. The highest BCUT2D eigenvalue weighted by molar-refractivity contribution is 7.22. The van der Waals surface area contributed by atoms with E-state index in [1.807, 2.05) is 0 Å². The van der Waals surface area contributed by atoms with Crippen molar-refractivity contribution in [2.75, 3.05) is 0 Å². The number of thiophene rings is 2. The minimum Gasteiger partial charge on any atom is -0.294 e. The third kappa shape index (κ3) is 1.89. The first kappa shape index (κ1) is 11.0. The summed E-state index contributed by atoms with van der Waals surface area (Å²) in [4.78, 5) is 23.5. The summed E-state index contributed by atoms with van der Waals surface area (Å²) >= 11 is 2.60. The molecule has 0 N–H and O–H groups in total. The zero-order valence-corrected chi connectivity index (χ0v) is 9.93. The first-order chi connectivity index (χ1) is 7.59. The summed E-state index contributed by atoms with van der Waals surface area (Å²) in [5.41, 5.74) is 0.0990. The Morgan fingerprint density at radius 3 is 2.69 bits per heavy atom. The van der Waals surface area contributed by atoms with Gasteiger partial charge in [0, 0.05) is 6.07 Å². The van der Waals surface area contributed by atoms with Gasteiger partial charge >= 0.3 is 0 Å². The van der Waals surface area contributed by atoms with Gasteiger partial charge in [-0.25, -0.2) is 0 Å². The fraction of sp³-hybridized carbons (Fsp3) is 0.100. The van der Waals surface area contributed by atoms with Crippen molar-refractivity contribution in [3.8, 4) is 9.75 Å². The smallest absolute Gasteiger partial charge is 0.288 e. The minimum absolute atomic E-state index is 0.0181. The molecule has 2 heterocycles. The van der Waals surface area contributed by atoms with Crippen LogP contribution in [-0.4, -0.2) is 10.7 Å². The zero-order chi connectivity index (χ0) is 11.7. The highest BCUT2D eigenvalue weighted by Gasteiger charge is 2.18. The Bertz CT molecular complexity index is 556. The van der Waals surface area contributed by atoms with Gasteiger partial charge in [0.2, 0.25) is 0 Å². The second kappa shape index (κ2) is 4.15. The zero-order valence-electron chi connectivity index (χ0n) is 8.30. The standard InChI is InChI=1S/C10H7NO3S2/c1-6(12)8-2-3-9(16-8)10-7(11(13)14)4-5-15-10/h2-5H,1H3. The third-order valence-corrected chi connectivity index (χ3v) is 4.29. The number of rotatable bonds is 3. The van der Waals surface area contributed by atoms with E-state index in [0.717, 1.165) is 4.88 Å². The molecule has 0 aliphatic heterocycles. The number of ketones is 1. The lowest BCUT2D eigenvalue weighted by molar-refractivity contribution is -0.383. The summed E-state index contributed by atoms with van der Waals surface area (Å²) in [6, 6.07) is 4.93. The Morgan fingerprint density at radius 2 is 2.12 bits per heavy atom. The number of Topliss-reactive ketones (excluding diaryl/α,β-unsaturated/α-hetero) is 1. The average molecular weight is 253 g/mol.